The number of carbonyl (C=O) groups is 4. The lowest BCUT2D eigenvalue weighted by Crippen LogP contribution is -2.54. The number of piperidine rings is 1. The van der Waals surface area contributed by atoms with Gasteiger partial charge in [0.25, 0.3) is 11.8 Å². The van der Waals surface area contributed by atoms with Gasteiger partial charge in [0.1, 0.15) is 12.3 Å². The highest BCUT2D eigenvalue weighted by molar-refractivity contribution is 6.25. The molecule has 0 bridgehead atoms. The Morgan fingerprint density at radius 1 is 1.22 bits per heavy atom. The summed E-state index contributed by atoms with van der Waals surface area (Å²) in [7, 11) is 3.78. The normalized spacial score (nSPS) is 24.0. The van der Waals surface area contributed by atoms with Crippen LogP contribution in [0.4, 0.5) is 5.69 Å². The molecular formula is C22H29N5O5. The van der Waals surface area contributed by atoms with Crippen molar-refractivity contribution >= 4 is 29.3 Å². The smallest absolute Gasteiger partial charge is 0.264 e. The van der Waals surface area contributed by atoms with Crippen LogP contribution in [0.25, 0.3) is 0 Å². The van der Waals surface area contributed by atoms with E-state index < -0.39 is 29.7 Å². The van der Waals surface area contributed by atoms with E-state index in [2.05, 4.69) is 15.5 Å². The number of nitrogens with one attached hydrogen (secondary N) is 2. The summed E-state index contributed by atoms with van der Waals surface area (Å²) in [5.41, 5.74) is 1.14. The van der Waals surface area contributed by atoms with Gasteiger partial charge in [-0.25, -0.2) is 0 Å². The molecule has 1 unspecified atom stereocenters. The van der Waals surface area contributed by atoms with Crippen LogP contribution < -0.4 is 15.5 Å². The van der Waals surface area contributed by atoms with E-state index in [9.17, 15) is 19.2 Å². The maximum absolute atomic E-state index is 13.3. The van der Waals surface area contributed by atoms with Gasteiger partial charge >= 0.3 is 0 Å². The standard InChI is InChI=1S/C22H29N5O5/c1-23-9-4-10-26-11-12-32-18(13-26)25(2)15-6-3-5-14-19(15)22(31)27(21(14)30)16-7-8-17(28)24-20(16)29/h3,5-6,16,18,23H,4,7-13H2,1-2H3,(H,24,28,29)/t16?,18-/m0/s1. The summed E-state index contributed by atoms with van der Waals surface area (Å²) in [6, 6.07) is 4.15. The number of hydrogen-bond acceptors (Lipinski definition) is 8. The number of nitrogens with zero attached hydrogens (tertiary/aromatic N) is 3. The molecule has 0 aromatic heterocycles. The number of morpholine rings is 1. The van der Waals surface area contributed by atoms with Crippen molar-refractivity contribution in [1.82, 2.24) is 20.4 Å². The van der Waals surface area contributed by atoms with Crippen LogP contribution in [-0.2, 0) is 14.3 Å². The lowest BCUT2D eigenvalue weighted by Gasteiger charge is -2.39. The minimum atomic E-state index is -0.980. The molecule has 4 rings (SSSR count). The minimum absolute atomic E-state index is 0.0931. The number of amides is 4. The fraction of sp³-hybridized carbons (Fsp3) is 0.545. The highest BCUT2D eigenvalue weighted by Gasteiger charge is 2.46. The average molecular weight is 444 g/mol. The van der Waals surface area contributed by atoms with Crippen LogP contribution in [-0.4, -0.2) is 92.6 Å². The van der Waals surface area contributed by atoms with Crippen molar-refractivity contribution < 1.29 is 23.9 Å². The number of ether oxygens (including phenoxy) is 1. The maximum atomic E-state index is 13.3. The molecule has 1 aromatic carbocycles. The molecule has 0 spiro atoms. The molecule has 3 aliphatic heterocycles. The van der Waals surface area contributed by atoms with Gasteiger partial charge in [0.15, 0.2) is 0 Å². The Balaban J connectivity index is 1.55. The maximum Gasteiger partial charge on any atom is 0.264 e. The van der Waals surface area contributed by atoms with Gasteiger partial charge in [-0.05, 0) is 45.1 Å². The number of carbonyl (C=O) groups excluding carboxylic acids is 4. The minimum Gasteiger partial charge on any atom is -0.356 e. The van der Waals surface area contributed by atoms with Crippen LogP contribution in [0.15, 0.2) is 18.2 Å². The molecule has 2 fully saturated rings. The lowest BCUT2D eigenvalue weighted by atomic mass is 10.0. The fourth-order valence-electron chi connectivity index (χ4n) is 4.55. The molecule has 10 nitrogen and oxygen atoms in total. The number of hydrogen-bond donors (Lipinski definition) is 2. The van der Waals surface area contributed by atoms with Crippen LogP contribution in [0.1, 0.15) is 40.0 Å². The Kier molecular flexibility index (Phi) is 6.54. The first-order valence-electron chi connectivity index (χ1n) is 11.0. The van der Waals surface area contributed by atoms with Crippen molar-refractivity contribution in [3.05, 3.63) is 29.3 Å². The van der Waals surface area contributed by atoms with E-state index in [4.69, 9.17) is 4.74 Å². The molecule has 10 heteroatoms. The van der Waals surface area contributed by atoms with E-state index in [1.807, 2.05) is 19.0 Å². The third-order valence-corrected chi connectivity index (χ3v) is 6.29. The summed E-state index contributed by atoms with van der Waals surface area (Å²) in [5.74, 6) is -2.02. The van der Waals surface area contributed by atoms with Crippen LogP contribution in [0.5, 0.6) is 0 Å². The van der Waals surface area contributed by atoms with E-state index in [1.165, 1.54) is 0 Å². The molecule has 0 radical (unpaired) electrons. The average Bonchev–Trinajstić information content (AvgIpc) is 3.04. The second-order valence-electron chi connectivity index (χ2n) is 8.34. The van der Waals surface area contributed by atoms with E-state index in [-0.39, 0.29) is 30.2 Å². The van der Waals surface area contributed by atoms with Gasteiger partial charge in [0.05, 0.1) is 23.4 Å². The lowest BCUT2D eigenvalue weighted by molar-refractivity contribution is -0.136. The number of benzene rings is 1. The number of fused-ring (bicyclic) bond motifs is 1. The quantitative estimate of drug-likeness (QED) is 0.440. The Morgan fingerprint density at radius 2 is 2.03 bits per heavy atom. The highest BCUT2D eigenvalue weighted by atomic mass is 16.5. The molecule has 3 aliphatic rings. The largest absolute Gasteiger partial charge is 0.356 e. The molecule has 4 amide bonds. The van der Waals surface area contributed by atoms with E-state index in [0.717, 1.165) is 31.0 Å². The van der Waals surface area contributed by atoms with Crippen molar-refractivity contribution in [1.29, 1.82) is 0 Å². The molecule has 2 N–H and O–H groups in total. The first kappa shape index (κ1) is 22.4. The zero-order valence-electron chi connectivity index (χ0n) is 18.4. The van der Waals surface area contributed by atoms with E-state index in [0.29, 0.717) is 18.8 Å². The summed E-state index contributed by atoms with van der Waals surface area (Å²) in [6.45, 7) is 4.00. The summed E-state index contributed by atoms with van der Waals surface area (Å²) in [5, 5.41) is 5.38. The topological polar surface area (TPSA) is 111 Å². The zero-order valence-corrected chi connectivity index (χ0v) is 18.4. The summed E-state index contributed by atoms with van der Waals surface area (Å²) < 4.78 is 5.98. The second kappa shape index (κ2) is 9.35. The number of rotatable bonds is 7. The number of likely N-dealkylation sites (N-methyl/N-ethyl adjacent to an activating group) is 1. The van der Waals surface area contributed by atoms with Gasteiger partial charge in [-0.15, -0.1) is 0 Å². The van der Waals surface area contributed by atoms with Gasteiger partial charge in [0.2, 0.25) is 11.8 Å². The third kappa shape index (κ3) is 4.13. The Labute approximate surface area is 186 Å². The zero-order chi connectivity index (χ0) is 22.8. The van der Waals surface area contributed by atoms with Gasteiger partial charge in [0, 0.05) is 26.6 Å². The molecule has 2 atom stereocenters. The SMILES string of the molecule is CNCCCN1CCO[C@H](N(C)c2cccc3c2C(=O)N(C2CCC(=O)NC2=O)C3=O)C1. The number of imide groups is 2. The Hall–Kier alpha value is -2.82. The van der Waals surface area contributed by atoms with Crippen molar-refractivity contribution in [3.63, 3.8) is 0 Å². The predicted octanol–water partition coefficient (Wildman–Crippen LogP) is -0.208. The molecule has 3 heterocycles. The molecule has 1 aromatic rings. The van der Waals surface area contributed by atoms with Gasteiger partial charge in [-0.1, -0.05) is 6.07 Å². The monoisotopic (exact) mass is 443 g/mol. The van der Waals surface area contributed by atoms with Crippen molar-refractivity contribution in [2.24, 2.45) is 0 Å². The fourth-order valence-corrected chi connectivity index (χ4v) is 4.55. The van der Waals surface area contributed by atoms with Gasteiger partial charge < -0.3 is 15.0 Å². The van der Waals surface area contributed by atoms with Crippen LogP contribution in [0.2, 0.25) is 0 Å². The van der Waals surface area contributed by atoms with Crippen LogP contribution >= 0.6 is 0 Å². The first-order chi connectivity index (χ1) is 15.4. The van der Waals surface area contributed by atoms with E-state index in [1.54, 1.807) is 18.2 Å². The van der Waals surface area contributed by atoms with E-state index >= 15 is 0 Å². The first-order valence-corrected chi connectivity index (χ1v) is 11.0. The van der Waals surface area contributed by atoms with Crippen molar-refractivity contribution in [2.75, 3.05) is 51.8 Å². The predicted molar refractivity (Wildman–Crippen MR) is 116 cm³/mol. The second-order valence-corrected chi connectivity index (χ2v) is 8.34. The molecule has 2 saturated heterocycles. The Morgan fingerprint density at radius 3 is 2.78 bits per heavy atom. The molecule has 32 heavy (non-hydrogen) atoms. The third-order valence-electron chi connectivity index (χ3n) is 6.29. The Bertz CT molecular complexity index is 935. The molecular weight excluding hydrogens is 414 g/mol. The summed E-state index contributed by atoms with van der Waals surface area (Å²) >= 11 is 0. The number of anilines is 1. The van der Waals surface area contributed by atoms with Crippen LogP contribution in [0.3, 0.4) is 0 Å². The summed E-state index contributed by atoms with van der Waals surface area (Å²) in [6.07, 6.45) is 0.990. The molecule has 172 valence electrons. The molecule has 0 aliphatic carbocycles. The summed E-state index contributed by atoms with van der Waals surface area (Å²) in [4.78, 5) is 55.4. The van der Waals surface area contributed by atoms with Gasteiger partial charge in [-0.3, -0.25) is 34.3 Å². The van der Waals surface area contributed by atoms with Crippen LogP contribution in [0, 0.1) is 0 Å². The van der Waals surface area contributed by atoms with Crippen molar-refractivity contribution in [3.8, 4) is 0 Å². The molecule has 0 saturated carbocycles. The van der Waals surface area contributed by atoms with Gasteiger partial charge in [-0.2, -0.15) is 0 Å². The van der Waals surface area contributed by atoms with Crippen molar-refractivity contribution in [2.45, 2.75) is 31.5 Å². The highest BCUT2D eigenvalue weighted by Crippen LogP contribution is 2.34.